The highest BCUT2D eigenvalue weighted by Gasteiger charge is 2.37. The van der Waals surface area contributed by atoms with Gasteiger partial charge in [0.25, 0.3) is 5.91 Å². The lowest BCUT2D eigenvalue weighted by molar-refractivity contribution is -0.133. The molecule has 1 atom stereocenters. The summed E-state index contributed by atoms with van der Waals surface area (Å²) in [6, 6.07) is 13.4. The quantitative estimate of drug-likeness (QED) is 0.635. The smallest absolute Gasteiger partial charge is 0.264 e. The number of hydrogen-bond donors (Lipinski definition) is 0. The van der Waals surface area contributed by atoms with Crippen molar-refractivity contribution in [3.05, 3.63) is 76.4 Å². The van der Waals surface area contributed by atoms with Crippen molar-refractivity contribution >= 4 is 29.0 Å². The van der Waals surface area contributed by atoms with Crippen LogP contribution >= 0.6 is 11.3 Å². The van der Waals surface area contributed by atoms with E-state index in [1.807, 2.05) is 52.7 Å². The van der Waals surface area contributed by atoms with Gasteiger partial charge in [0.1, 0.15) is 5.82 Å². The van der Waals surface area contributed by atoms with Gasteiger partial charge in [0, 0.05) is 51.7 Å². The number of nitrogens with zero attached hydrogens (tertiary/aromatic N) is 5. The Labute approximate surface area is 185 Å². The molecule has 1 unspecified atom stereocenters. The SMILES string of the molecule is O=C(c1cccs1)N1Cc2cccnc2C(C(=O)N2CCN(c3ccccn3)CC2)C1. The lowest BCUT2D eigenvalue weighted by Gasteiger charge is -2.39. The highest BCUT2D eigenvalue weighted by molar-refractivity contribution is 7.12. The van der Waals surface area contributed by atoms with Gasteiger partial charge in [-0.15, -0.1) is 11.3 Å². The zero-order valence-corrected chi connectivity index (χ0v) is 17.9. The zero-order chi connectivity index (χ0) is 21.2. The fourth-order valence-corrected chi connectivity index (χ4v) is 4.99. The number of pyridine rings is 2. The van der Waals surface area contributed by atoms with E-state index in [9.17, 15) is 9.59 Å². The minimum absolute atomic E-state index is 0.0257. The van der Waals surface area contributed by atoms with Crippen molar-refractivity contribution in [2.45, 2.75) is 12.5 Å². The Bertz CT molecular complexity index is 1060. The van der Waals surface area contributed by atoms with Gasteiger partial charge in [-0.25, -0.2) is 4.98 Å². The molecule has 0 aromatic carbocycles. The Balaban J connectivity index is 1.33. The fraction of sp³-hybridized carbons (Fsp3) is 0.304. The molecule has 0 bridgehead atoms. The van der Waals surface area contributed by atoms with Gasteiger partial charge in [-0.05, 0) is 35.2 Å². The molecule has 2 amide bonds. The summed E-state index contributed by atoms with van der Waals surface area (Å²) in [7, 11) is 0. The maximum absolute atomic E-state index is 13.5. The lowest BCUT2D eigenvalue weighted by atomic mass is 9.93. The predicted octanol–water partition coefficient (Wildman–Crippen LogP) is 2.63. The molecule has 7 nitrogen and oxygen atoms in total. The third-order valence-corrected chi connectivity index (χ3v) is 6.76. The van der Waals surface area contributed by atoms with Gasteiger partial charge < -0.3 is 14.7 Å². The zero-order valence-electron chi connectivity index (χ0n) is 17.1. The molecule has 1 saturated heterocycles. The molecule has 158 valence electrons. The average molecular weight is 434 g/mol. The summed E-state index contributed by atoms with van der Waals surface area (Å²) in [6.45, 7) is 3.59. The van der Waals surface area contributed by atoms with Crippen LogP contribution in [-0.4, -0.2) is 64.3 Å². The fourth-order valence-electron chi connectivity index (χ4n) is 4.30. The van der Waals surface area contributed by atoms with E-state index < -0.39 is 5.92 Å². The molecular formula is C23H23N5O2S. The van der Waals surface area contributed by atoms with Crippen molar-refractivity contribution in [1.82, 2.24) is 19.8 Å². The number of thiophene rings is 1. The molecule has 0 aliphatic carbocycles. The number of anilines is 1. The number of carbonyl (C=O) groups excluding carboxylic acids is 2. The van der Waals surface area contributed by atoms with Crippen LogP contribution in [0.5, 0.6) is 0 Å². The highest BCUT2D eigenvalue weighted by atomic mass is 32.1. The second-order valence-corrected chi connectivity index (χ2v) is 8.71. The van der Waals surface area contributed by atoms with Gasteiger partial charge in [-0.2, -0.15) is 0 Å². The monoisotopic (exact) mass is 433 g/mol. The number of amides is 2. The van der Waals surface area contributed by atoms with Gasteiger partial charge in [0.15, 0.2) is 0 Å². The summed E-state index contributed by atoms with van der Waals surface area (Å²) in [6.07, 6.45) is 3.52. The summed E-state index contributed by atoms with van der Waals surface area (Å²) < 4.78 is 0. The molecule has 1 fully saturated rings. The summed E-state index contributed by atoms with van der Waals surface area (Å²) in [5.41, 5.74) is 1.75. The molecular weight excluding hydrogens is 410 g/mol. The first kappa shape index (κ1) is 19.7. The minimum Gasteiger partial charge on any atom is -0.353 e. The van der Waals surface area contributed by atoms with Crippen LogP contribution in [0.2, 0.25) is 0 Å². The van der Waals surface area contributed by atoms with Crippen LogP contribution < -0.4 is 4.90 Å². The van der Waals surface area contributed by atoms with Gasteiger partial charge in [-0.3, -0.25) is 14.6 Å². The molecule has 8 heteroatoms. The first-order valence-electron chi connectivity index (χ1n) is 10.4. The van der Waals surface area contributed by atoms with E-state index >= 15 is 0 Å². The Hall–Kier alpha value is -3.26. The molecule has 5 rings (SSSR count). The first-order chi connectivity index (χ1) is 15.2. The van der Waals surface area contributed by atoms with E-state index in [-0.39, 0.29) is 11.8 Å². The summed E-state index contributed by atoms with van der Waals surface area (Å²) >= 11 is 1.43. The van der Waals surface area contributed by atoms with Crippen LogP contribution in [0, 0.1) is 0 Å². The van der Waals surface area contributed by atoms with Gasteiger partial charge in [-0.1, -0.05) is 18.2 Å². The van der Waals surface area contributed by atoms with Crippen molar-refractivity contribution in [2.24, 2.45) is 0 Å². The topological polar surface area (TPSA) is 69.6 Å². The number of carbonyl (C=O) groups is 2. The highest BCUT2D eigenvalue weighted by Crippen LogP contribution is 2.30. The molecule has 3 aromatic rings. The number of aromatic nitrogens is 2. The van der Waals surface area contributed by atoms with Crippen molar-refractivity contribution in [2.75, 3.05) is 37.6 Å². The third kappa shape index (κ3) is 3.90. The van der Waals surface area contributed by atoms with Crippen LogP contribution in [0.15, 0.2) is 60.2 Å². The molecule has 2 aliphatic heterocycles. The van der Waals surface area contributed by atoms with Crippen LogP contribution in [-0.2, 0) is 11.3 Å². The van der Waals surface area contributed by atoms with Crippen LogP contribution in [0.25, 0.3) is 0 Å². The summed E-state index contributed by atoms with van der Waals surface area (Å²) in [5, 5.41) is 1.90. The first-order valence-corrected chi connectivity index (χ1v) is 11.3. The Morgan fingerprint density at radius 2 is 1.74 bits per heavy atom. The maximum atomic E-state index is 13.5. The van der Waals surface area contributed by atoms with Crippen molar-refractivity contribution < 1.29 is 9.59 Å². The molecule has 3 aromatic heterocycles. The molecule has 5 heterocycles. The second kappa shape index (κ2) is 8.47. The van der Waals surface area contributed by atoms with Crippen LogP contribution in [0.4, 0.5) is 5.82 Å². The molecule has 0 saturated carbocycles. The van der Waals surface area contributed by atoms with Gasteiger partial charge >= 0.3 is 0 Å². The molecule has 31 heavy (non-hydrogen) atoms. The lowest BCUT2D eigenvalue weighted by Crippen LogP contribution is -2.52. The standard InChI is InChI=1S/C23H23N5O2S/c29-22(27-12-10-26(11-13-27)20-7-1-2-8-24-20)18-16-28(23(30)19-6-4-14-31-19)15-17-5-3-9-25-21(17)18/h1-9,14,18H,10-13,15-16H2. The van der Waals surface area contributed by atoms with E-state index in [4.69, 9.17) is 0 Å². The van der Waals surface area contributed by atoms with E-state index in [0.29, 0.717) is 31.1 Å². The minimum atomic E-state index is -0.435. The van der Waals surface area contributed by atoms with Gasteiger partial charge in [0.2, 0.25) is 5.91 Å². The number of hydrogen-bond acceptors (Lipinski definition) is 6. The largest absolute Gasteiger partial charge is 0.353 e. The average Bonchev–Trinajstić information content (AvgIpc) is 3.38. The van der Waals surface area contributed by atoms with E-state index in [1.165, 1.54) is 11.3 Å². The van der Waals surface area contributed by atoms with Crippen molar-refractivity contribution in [3.8, 4) is 0 Å². The van der Waals surface area contributed by atoms with Crippen LogP contribution in [0.1, 0.15) is 26.8 Å². The number of rotatable bonds is 3. The van der Waals surface area contributed by atoms with Gasteiger partial charge in [0.05, 0.1) is 16.5 Å². The maximum Gasteiger partial charge on any atom is 0.264 e. The van der Waals surface area contributed by atoms with Crippen molar-refractivity contribution in [3.63, 3.8) is 0 Å². The molecule has 2 aliphatic rings. The number of piperazine rings is 1. The summed E-state index contributed by atoms with van der Waals surface area (Å²) in [4.78, 5) is 42.0. The Kier molecular flexibility index (Phi) is 5.38. The molecule has 0 radical (unpaired) electrons. The predicted molar refractivity (Wildman–Crippen MR) is 119 cm³/mol. The Morgan fingerprint density at radius 1 is 0.903 bits per heavy atom. The summed E-state index contributed by atoms with van der Waals surface area (Å²) in [5.74, 6) is 0.522. The van der Waals surface area contributed by atoms with Crippen LogP contribution in [0.3, 0.4) is 0 Å². The molecule has 0 spiro atoms. The van der Waals surface area contributed by atoms with E-state index in [2.05, 4.69) is 14.9 Å². The van der Waals surface area contributed by atoms with E-state index in [0.717, 1.165) is 30.2 Å². The van der Waals surface area contributed by atoms with Crippen molar-refractivity contribution in [1.29, 1.82) is 0 Å². The second-order valence-electron chi connectivity index (χ2n) is 7.76. The normalized spacial score (nSPS) is 18.6. The third-order valence-electron chi connectivity index (χ3n) is 5.90. The molecule has 0 N–H and O–H groups in total. The number of fused-ring (bicyclic) bond motifs is 1. The van der Waals surface area contributed by atoms with E-state index in [1.54, 1.807) is 17.3 Å². The Morgan fingerprint density at radius 3 is 2.48 bits per heavy atom.